The Morgan fingerprint density at radius 2 is 1.71 bits per heavy atom. The highest BCUT2D eigenvalue weighted by atomic mass is 16.3. The Morgan fingerprint density at radius 3 is 2.12 bits per heavy atom. The molecule has 0 spiro atoms. The first-order valence-electron chi connectivity index (χ1n) is 9.92. The fourth-order valence-electron chi connectivity index (χ4n) is 2.81. The normalized spacial score (nSPS) is 16.8. The Labute approximate surface area is 152 Å². The number of aliphatic hydroxyl groups excluding tert-OH is 2. The van der Waals surface area contributed by atoms with Crippen LogP contribution in [0.2, 0.25) is 0 Å². The van der Waals surface area contributed by atoms with Crippen LogP contribution in [0, 0.1) is 11.3 Å². The lowest BCUT2D eigenvalue weighted by Gasteiger charge is -2.38. The van der Waals surface area contributed by atoms with Gasteiger partial charge in [0.05, 0.1) is 6.61 Å². The van der Waals surface area contributed by atoms with Gasteiger partial charge in [-0.25, -0.2) is 0 Å². The summed E-state index contributed by atoms with van der Waals surface area (Å²) in [7, 11) is 0. The molecule has 1 rings (SSSR count). The van der Waals surface area contributed by atoms with Gasteiger partial charge >= 0.3 is 0 Å². The van der Waals surface area contributed by atoms with Crippen LogP contribution in [0.4, 0.5) is 0 Å². The summed E-state index contributed by atoms with van der Waals surface area (Å²) in [5.74, 6) is 0.763. The maximum absolute atomic E-state index is 9.70. The van der Waals surface area contributed by atoms with Crippen molar-refractivity contribution in [3.8, 4) is 0 Å². The van der Waals surface area contributed by atoms with Crippen molar-refractivity contribution < 1.29 is 10.2 Å². The third kappa shape index (κ3) is 9.97. The second-order valence-corrected chi connectivity index (χ2v) is 5.40. The molecule has 0 saturated heterocycles. The molecule has 0 aromatic carbocycles. The second-order valence-electron chi connectivity index (χ2n) is 5.40. The summed E-state index contributed by atoms with van der Waals surface area (Å²) in [6.45, 7) is 18.8. The molecule has 0 radical (unpaired) electrons. The van der Waals surface area contributed by atoms with E-state index in [0.29, 0.717) is 11.7 Å². The third-order valence-corrected chi connectivity index (χ3v) is 4.13. The number of hydrogen-bond donors (Lipinski definition) is 2. The number of hydrogen-bond acceptors (Lipinski definition) is 2. The van der Waals surface area contributed by atoms with Crippen LogP contribution in [0.25, 0.3) is 0 Å². The lowest BCUT2D eigenvalue weighted by atomic mass is 9.67. The average Bonchev–Trinajstić information content (AvgIpc) is 2.64. The standard InChI is InChI=1S/C16H26O2.3C2H6/c1-4-10-16(3,13(2)7-6-11-17)14-8-5-9-15(18)12-14;3*1-2/h6-7,9,12-13,17-18H,4-5,8,10-11H2,1-3H3;3*1-2H3/b7-6+;;;. The SMILES string of the molecule is CC.CC.CC.CCCC(C)(C1=CC(O)=CCC1)C(C)/C=C/CO. The Balaban J connectivity index is -0.000000659. The van der Waals surface area contributed by atoms with Crippen molar-refractivity contribution >= 4 is 0 Å². The lowest BCUT2D eigenvalue weighted by molar-refractivity contribution is 0.263. The van der Waals surface area contributed by atoms with Gasteiger partial charge in [-0.15, -0.1) is 0 Å². The van der Waals surface area contributed by atoms with E-state index in [-0.39, 0.29) is 12.0 Å². The molecule has 2 N–H and O–H groups in total. The molecule has 2 unspecified atom stereocenters. The van der Waals surface area contributed by atoms with Crippen LogP contribution in [0.3, 0.4) is 0 Å². The molecule has 24 heavy (non-hydrogen) atoms. The maximum atomic E-state index is 9.70. The van der Waals surface area contributed by atoms with E-state index in [9.17, 15) is 5.11 Å². The molecule has 0 saturated carbocycles. The van der Waals surface area contributed by atoms with Crippen molar-refractivity contribution in [2.24, 2.45) is 11.3 Å². The first kappa shape index (κ1) is 27.8. The van der Waals surface area contributed by atoms with Gasteiger partial charge in [0.15, 0.2) is 0 Å². The molecule has 144 valence electrons. The lowest BCUT2D eigenvalue weighted by Crippen LogP contribution is -2.27. The van der Waals surface area contributed by atoms with Gasteiger partial charge in [0.25, 0.3) is 0 Å². The first-order chi connectivity index (χ1) is 11.5. The zero-order chi connectivity index (χ0) is 19.6. The largest absolute Gasteiger partial charge is 0.508 e. The van der Waals surface area contributed by atoms with Gasteiger partial charge in [-0.1, -0.05) is 86.5 Å². The van der Waals surface area contributed by atoms with Crippen LogP contribution < -0.4 is 0 Å². The van der Waals surface area contributed by atoms with Crippen molar-refractivity contribution in [2.45, 2.75) is 88.0 Å². The highest BCUT2D eigenvalue weighted by Crippen LogP contribution is 2.44. The minimum atomic E-state index is 0.0721. The van der Waals surface area contributed by atoms with Gasteiger partial charge in [-0.2, -0.15) is 0 Å². The molecule has 0 heterocycles. The highest BCUT2D eigenvalue weighted by Gasteiger charge is 2.33. The van der Waals surface area contributed by atoms with Gasteiger partial charge in [-0.3, -0.25) is 0 Å². The molecule has 0 bridgehead atoms. The van der Waals surface area contributed by atoms with Gasteiger partial charge in [0, 0.05) is 0 Å². The summed E-state index contributed by atoms with van der Waals surface area (Å²) in [6.07, 6.45) is 11.9. The second kappa shape index (κ2) is 18.3. The molecule has 2 nitrogen and oxygen atoms in total. The first-order valence-corrected chi connectivity index (χ1v) is 9.92. The van der Waals surface area contributed by atoms with E-state index in [0.717, 1.165) is 25.7 Å². The van der Waals surface area contributed by atoms with E-state index in [4.69, 9.17) is 5.11 Å². The van der Waals surface area contributed by atoms with Gasteiger partial charge < -0.3 is 10.2 Å². The van der Waals surface area contributed by atoms with Crippen LogP contribution in [0.15, 0.2) is 35.6 Å². The summed E-state index contributed by atoms with van der Waals surface area (Å²) < 4.78 is 0. The molecule has 0 amide bonds. The van der Waals surface area contributed by atoms with Gasteiger partial charge in [0.1, 0.15) is 5.76 Å². The smallest absolute Gasteiger partial charge is 0.111 e. The van der Waals surface area contributed by atoms with Crippen LogP contribution in [0.5, 0.6) is 0 Å². The maximum Gasteiger partial charge on any atom is 0.111 e. The molecule has 0 fully saturated rings. The zero-order valence-corrected chi connectivity index (χ0v) is 17.8. The van der Waals surface area contributed by atoms with Crippen molar-refractivity contribution in [3.63, 3.8) is 0 Å². The van der Waals surface area contributed by atoms with Crippen molar-refractivity contribution in [1.82, 2.24) is 0 Å². The Morgan fingerprint density at radius 1 is 1.17 bits per heavy atom. The predicted octanol–water partition coefficient (Wildman–Crippen LogP) is 7.22. The summed E-state index contributed by atoms with van der Waals surface area (Å²) >= 11 is 0. The quantitative estimate of drug-likeness (QED) is 0.501. The molecule has 0 aromatic heterocycles. The Kier molecular flexibility index (Phi) is 21.2. The van der Waals surface area contributed by atoms with Crippen molar-refractivity contribution in [1.29, 1.82) is 0 Å². The minimum Gasteiger partial charge on any atom is -0.508 e. The third-order valence-electron chi connectivity index (χ3n) is 4.13. The zero-order valence-electron chi connectivity index (χ0n) is 17.8. The Hall–Kier alpha value is -1.02. The van der Waals surface area contributed by atoms with E-state index < -0.39 is 0 Å². The van der Waals surface area contributed by atoms with E-state index in [1.54, 1.807) is 0 Å². The topological polar surface area (TPSA) is 40.5 Å². The molecule has 2 heteroatoms. The predicted molar refractivity (Wildman–Crippen MR) is 110 cm³/mol. The fraction of sp³-hybridized carbons (Fsp3) is 0.727. The van der Waals surface area contributed by atoms with E-state index in [1.807, 2.05) is 59.8 Å². The molecule has 0 aromatic rings. The average molecular weight is 341 g/mol. The molecule has 0 aliphatic heterocycles. The van der Waals surface area contributed by atoms with Crippen molar-refractivity contribution in [2.75, 3.05) is 6.61 Å². The number of aliphatic hydroxyl groups is 2. The number of rotatable bonds is 6. The van der Waals surface area contributed by atoms with E-state index in [1.165, 1.54) is 5.57 Å². The number of allylic oxidation sites excluding steroid dienone is 4. The van der Waals surface area contributed by atoms with Crippen LogP contribution in [-0.4, -0.2) is 16.8 Å². The molecule has 1 aliphatic carbocycles. The summed E-state index contributed by atoms with van der Waals surface area (Å²) in [4.78, 5) is 0. The molecule has 1 aliphatic rings. The molecular weight excluding hydrogens is 296 g/mol. The van der Waals surface area contributed by atoms with Gasteiger partial charge in [-0.05, 0) is 42.7 Å². The van der Waals surface area contributed by atoms with Crippen LogP contribution in [-0.2, 0) is 0 Å². The van der Waals surface area contributed by atoms with Gasteiger partial charge in [0.2, 0.25) is 0 Å². The van der Waals surface area contributed by atoms with Crippen LogP contribution in [0.1, 0.15) is 88.0 Å². The van der Waals surface area contributed by atoms with E-state index >= 15 is 0 Å². The Bertz CT molecular complexity index is 353. The fourth-order valence-corrected chi connectivity index (χ4v) is 2.81. The van der Waals surface area contributed by atoms with Crippen molar-refractivity contribution in [3.05, 3.63) is 35.6 Å². The van der Waals surface area contributed by atoms with E-state index in [2.05, 4.69) is 26.8 Å². The monoisotopic (exact) mass is 340 g/mol. The molecular formula is C22H44O2. The highest BCUT2D eigenvalue weighted by molar-refractivity contribution is 5.29. The summed E-state index contributed by atoms with van der Waals surface area (Å²) in [5, 5.41) is 18.6. The summed E-state index contributed by atoms with van der Waals surface area (Å²) in [5.41, 5.74) is 1.40. The minimum absolute atomic E-state index is 0.0721. The summed E-state index contributed by atoms with van der Waals surface area (Å²) in [6, 6.07) is 0. The molecule has 2 atom stereocenters. The van der Waals surface area contributed by atoms with Crippen LogP contribution >= 0.6 is 0 Å².